The van der Waals surface area contributed by atoms with Crippen LogP contribution in [0.4, 0.5) is 0 Å². The lowest BCUT2D eigenvalue weighted by Crippen LogP contribution is -1.99. The van der Waals surface area contributed by atoms with Crippen molar-refractivity contribution in [1.29, 1.82) is 0 Å². The summed E-state index contributed by atoms with van der Waals surface area (Å²) < 4.78 is 0. The van der Waals surface area contributed by atoms with E-state index in [1.807, 2.05) is 24.5 Å². The fraction of sp³-hybridized carbons (Fsp3) is 0.400. The average Bonchev–Trinajstić information content (AvgIpc) is 2.16. The van der Waals surface area contributed by atoms with Gasteiger partial charge in [-0.1, -0.05) is 13.0 Å². The van der Waals surface area contributed by atoms with Gasteiger partial charge in [-0.05, 0) is 30.4 Å². The van der Waals surface area contributed by atoms with Crippen LogP contribution < -0.4 is 0 Å². The zero-order valence-corrected chi connectivity index (χ0v) is 9.13. The molecule has 0 saturated heterocycles. The first-order chi connectivity index (χ1) is 6.67. The van der Waals surface area contributed by atoms with E-state index in [0.29, 0.717) is 0 Å². The molecule has 0 unspecified atom stereocenters. The Morgan fingerprint density at radius 2 is 2.21 bits per heavy atom. The van der Waals surface area contributed by atoms with Gasteiger partial charge in [-0.25, -0.2) is 0 Å². The second-order valence-corrected chi connectivity index (χ2v) is 3.84. The molecule has 0 aliphatic carbocycles. The maximum atomic E-state index is 10.3. The van der Waals surface area contributed by atoms with Crippen LogP contribution in [0.1, 0.15) is 18.1 Å². The fourth-order valence-electron chi connectivity index (χ4n) is 1.36. The van der Waals surface area contributed by atoms with Crippen LogP contribution in [0.2, 0.25) is 0 Å². The van der Waals surface area contributed by atoms with Crippen molar-refractivity contribution in [2.45, 2.75) is 24.8 Å². The molecule has 3 nitrogen and oxygen atoms in total. The number of hydrogen-bond donors (Lipinski definition) is 0. The van der Waals surface area contributed by atoms with Crippen molar-refractivity contribution in [3.8, 4) is 0 Å². The Bertz CT molecular complexity index is 339. The Morgan fingerprint density at radius 3 is 2.71 bits per heavy atom. The molecule has 0 N–H and O–H groups in total. The molecule has 0 amide bonds. The molecular formula is C10H13NO2S. The van der Waals surface area contributed by atoms with Gasteiger partial charge in [0.25, 0.3) is 0 Å². The molecule has 76 valence electrons. The third kappa shape index (κ3) is 2.73. The Kier molecular flexibility index (Phi) is 3.95. The van der Waals surface area contributed by atoms with Gasteiger partial charge in [0.1, 0.15) is 0 Å². The van der Waals surface area contributed by atoms with Gasteiger partial charge in [0.05, 0.1) is 0 Å². The fourth-order valence-corrected chi connectivity index (χ4v) is 2.03. The first-order valence-electron chi connectivity index (χ1n) is 4.45. The van der Waals surface area contributed by atoms with Gasteiger partial charge in [0.15, 0.2) is 0 Å². The highest BCUT2D eigenvalue weighted by Gasteiger charge is 2.05. The second-order valence-electron chi connectivity index (χ2n) is 2.99. The van der Waals surface area contributed by atoms with E-state index >= 15 is 0 Å². The van der Waals surface area contributed by atoms with E-state index in [0.717, 1.165) is 12.0 Å². The predicted octanol–water partition coefficient (Wildman–Crippen LogP) is 2.75. The molecular weight excluding hydrogens is 198 g/mol. The van der Waals surface area contributed by atoms with Gasteiger partial charge in [-0.3, -0.25) is 10.1 Å². The van der Waals surface area contributed by atoms with Gasteiger partial charge in [0, 0.05) is 15.4 Å². The van der Waals surface area contributed by atoms with E-state index in [1.54, 1.807) is 11.8 Å². The minimum absolute atomic E-state index is 0.0817. The summed E-state index contributed by atoms with van der Waals surface area (Å²) in [5, 5.41) is 10.3. The Balaban J connectivity index is 2.95. The van der Waals surface area contributed by atoms with Crippen molar-refractivity contribution in [2.24, 2.45) is 0 Å². The second kappa shape index (κ2) is 5.00. The van der Waals surface area contributed by atoms with Crippen LogP contribution in [-0.2, 0) is 13.0 Å². The molecule has 0 aliphatic rings. The Hall–Kier alpha value is -1.03. The number of hydrogen-bond acceptors (Lipinski definition) is 3. The summed E-state index contributed by atoms with van der Waals surface area (Å²) in [7, 11) is 0. The van der Waals surface area contributed by atoms with Crippen molar-refractivity contribution in [3.63, 3.8) is 0 Å². The Labute approximate surface area is 87.7 Å². The third-order valence-electron chi connectivity index (χ3n) is 2.04. The zero-order chi connectivity index (χ0) is 10.6. The van der Waals surface area contributed by atoms with E-state index < -0.39 is 0 Å². The van der Waals surface area contributed by atoms with Crippen molar-refractivity contribution in [2.75, 3.05) is 6.26 Å². The summed E-state index contributed by atoms with van der Waals surface area (Å²) in [5.41, 5.74) is 1.97. The van der Waals surface area contributed by atoms with Gasteiger partial charge in [-0.15, -0.1) is 11.8 Å². The van der Waals surface area contributed by atoms with Crippen molar-refractivity contribution < 1.29 is 4.92 Å². The molecule has 0 radical (unpaired) electrons. The lowest BCUT2D eigenvalue weighted by Gasteiger charge is -2.05. The molecule has 14 heavy (non-hydrogen) atoms. The van der Waals surface area contributed by atoms with Crippen LogP contribution in [0.25, 0.3) is 0 Å². The molecule has 0 fully saturated rings. The minimum atomic E-state index is -0.298. The van der Waals surface area contributed by atoms with E-state index in [9.17, 15) is 10.1 Å². The third-order valence-corrected chi connectivity index (χ3v) is 2.88. The molecule has 0 aliphatic heterocycles. The number of rotatable bonds is 4. The summed E-state index contributed by atoms with van der Waals surface area (Å²) >= 11 is 1.68. The van der Waals surface area contributed by atoms with Crippen molar-refractivity contribution in [3.05, 3.63) is 39.4 Å². The minimum Gasteiger partial charge on any atom is -0.264 e. The molecule has 0 saturated carbocycles. The molecule has 1 rings (SSSR count). The van der Waals surface area contributed by atoms with Crippen LogP contribution in [0.5, 0.6) is 0 Å². The molecule has 0 spiro atoms. The Morgan fingerprint density at radius 1 is 1.50 bits per heavy atom. The first kappa shape index (κ1) is 11.0. The average molecular weight is 211 g/mol. The molecule has 1 aromatic rings. The molecule has 0 atom stereocenters. The normalized spacial score (nSPS) is 10.1. The van der Waals surface area contributed by atoms with Crippen LogP contribution in [0.3, 0.4) is 0 Å². The quantitative estimate of drug-likeness (QED) is 0.437. The van der Waals surface area contributed by atoms with Crippen LogP contribution in [0.15, 0.2) is 23.1 Å². The summed E-state index contributed by atoms with van der Waals surface area (Å²) in [6, 6.07) is 5.71. The SMILES string of the molecule is CCc1cc(C[N+](=O)[O-])ccc1SC. The highest BCUT2D eigenvalue weighted by atomic mass is 32.2. The van der Waals surface area contributed by atoms with Gasteiger partial charge >= 0.3 is 0 Å². The van der Waals surface area contributed by atoms with E-state index in [2.05, 4.69) is 6.92 Å². The number of benzene rings is 1. The molecule has 0 bridgehead atoms. The van der Waals surface area contributed by atoms with Crippen molar-refractivity contribution >= 4 is 11.8 Å². The summed E-state index contributed by atoms with van der Waals surface area (Å²) in [6.45, 7) is 1.98. The van der Waals surface area contributed by atoms with Gasteiger partial charge in [0.2, 0.25) is 6.54 Å². The smallest absolute Gasteiger partial charge is 0.228 e. The lowest BCUT2D eigenvalue weighted by molar-refractivity contribution is -0.496. The topological polar surface area (TPSA) is 43.1 Å². The summed E-state index contributed by atoms with van der Waals surface area (Å²) in [4.78, 5) is 11.2. The number of aryl methyl sites for hydroxylation is 1. The predicted molar refractivity (Wildman–Crippen MR) is 58.3 cm³/mol. The van der Waals surface area contributed by atoms with Gasteiger partial charge < -0.3 is 0 Å². The first-order valence-corrected chi connectivity index (χ1v) is 5.67. The monoisotopic (exact) mass is 211 g/mol. The van der Waals surface area contributed by atoms with Crippen LogP contribution >= 0.6 is 11.8 Å². The standard InChI is InChI=1S/C10H13NO2S/c1-3-9-6-8(7-11(12)13)4-5-10(9)14-2/h4-6H,3,7H2,1-2H3. The maximum Gasteiger partial charge on any atom is 0.228 e. The largest absolute Gasteiger partial charge is 0.264 e. The van der Waals surface area contributed by atoms with Crippen molar-refractivity contribution in [1.82, 2.24) is 0 Å². The van der Waals surface area contributed by atoms with E-state index in [4.69, 9.17) is 0 Å². The number of nitro groups is 1. The number of nitrogens with zero attached hydrogens (tertiary/aromatic N) is 1. The lowest BCUT2D eigenvalue weighted by atomic mass is 10.1. The van der Waals surface area contributed by atoms with Crippen LogP contribution in [-0.4, -0.2) is 11.2 Å². The maximum absolute atomic E-state index is 10.3. The highest BCUT2D eigenvalue weighted by molar-refractivity contribution is 7.98. The molecule has 0 aromatic heterocycles. The molecule has 4 heteroatoms. The summed E-state index contributed by atoms with van der Waals surface area (Å²) in [6.07, 6.45) is 2.93. The molecule has 0 heterocycles. The summed E-state index contributed by atoms with van der Waals surface area (Å²) in [5.74, 6) is 0. The number of thioether (sulfide) groups is 1. The van der Waals surface area contributed by atoms with Crippen LogP contribution in [0, 0.1) is 10.1 Å². The zero-order valence-electron chi connectivity index (χ0n) is 8.32. The van der Waals surface area contributed by atoms with E-state index in [1.165, 1.54) is 10.5 Å². The van der Waals surface area contributed by atoms with Gasteiger partial charge in [-0.2, -0.15) is 0 Å². The highest BCUT2D eigenvalue weighted by Crippen LogP contribution is 2.22. The molecule has 1 aromatic carbocycles. The van der Waals surface area contributed by atoms with E-state index in [-0.39, 0.29) is 11.5 Å².